The SMILES string of the molecule is CC(=O)NC(Cc1c[nH]c2ccccc12)C(=O)N1C[C@@H]2CCC[C@@]2(C(=O)O)C1. The lowest BCUT2D eigenvalue weighted by Crippen LogP contribution is -2.49. The Kier molecular flexibility index (Phi) is 4.61. The second kappa shape index (κ2) is 6.96. The number of aliphatic carboxylic acids is 1. The van der Waals surface area contributed by atoms with Crippen LogP contribution in [-0.4, -0.2) is 51.9 Å². The van der Waals surface area contributed by atoms with Gasteiger partial charge >= 0.3 is 5.97 Å². The lowest BCUT2D eigenvalue weighted by Gasteiger charge is -2.26. The Hall–Kier alpha value is -2.83. The molecule has 3 N–H and O–H groups in total. The van der Waals surface area contributed by atoms with E-state index < -0.39 is 17.4 Å². The molecule has 2 amide bonds. The Labute approximate surface area is 163 Å². The van der Waals surface area contributed by atoms with Crippen molar-refractivity contribution in [2.75, 3.05) is 13.1 Å². The van der Waals surface area contributed by atoms with Crippen LogP contribution in [-0.2, 0) is 20.8 Å². The number of para-hydroxylation sites is 1. The number of rotatable bonds is 5. The molecule has 1 aromatic heterocycles. The molecular formula is C21H25N3O4. The molecule has 1 unspecified atom stereocenters. The number of carboxylic acid groups (broad SMARTS) is 1. The first-order valence-corrected chi connectivity index (χ1v) is 9.75. The van der Waals surface area contributed by atoms with Gasteiger partial charge in [0.25, 0.3) is 0 Å². The lowest BCUT2D eigenvalue weighted by molar-refractivity contribution is -0.149. The highest BCUT2D eigenvalue weighted by atomic mass is 16.4. The van der Waals surface area contributed by atoms with E-state index in [1.165, 1.54) is 6.92 Å². The predicted octanol–water partition coefficient (Wildman–Crippen LogP) is 1.93. The van der Waals surface area contributed by atoms with Gasteiger partial charge in [-0.2, -0.15) is 0 Å². The maximum atomic E-state index is 13.2. The summed E-state index contributed by atoms with van der Waals surface area (Å²) in [4.78, 5) is 41.7. The highest BCUT2D eigenvalue weighted by Crippen LogP contribution is 2.49. The number of amides is 2. The smallest absolute Gasteiger partial charge is 0.311 e. The third-order valence-corrected chi connectivity index (χ3v) is 6.38. The molecule has 0 radical (unpaired) electrons. The van der Waals surface area contributed by atoms with Gasteiger partial charge in [0.2, 0.25) is 11.8 Å². The number of carbonyl (C=O) groups is 3. The molecule has 0 bridgehead atoms. The number of likely N-dealkylation sites (tertiary alicyclic amines) is 1. The van der Waals surface area contributed by atoms with Crippen molar-refractivity contribution < 1.29 is 19.5 Å². The summed E-state index contributed by atoms with van der Waals surface area (Å²) in [5, 5.41) is 13.6. The minimum Gasteiger partial charge on any atom is -0.481 e. The average Bonchev–Trinajstić information content (AvgIpc) is 3.33. The van der Waals surface area contributed by atoms with Crippen molar-refractivity contribution in [1.82, 2.24) is 15.2 Å². The quantitative estimate of drug-likeness (QED) is 0.734. The fraction of sp³-hybridized carbons (Fsp3) is 0.476. The third-order valence-electron chi connectivity index (χ3n) is 6.38. The van der Waals surface area contributed by atoms with Crippen molar-refractivity contribution in [2.45, 2.75) is 38.6 Å². The molecule has 28 heavy (non-hydrogen) atoms. The molecule has 2 aliphatic rings. The molecule has 1 saturated heterocycles. The van der Waals surface area contributed by atoms with E-state index in [0.717, 1.165) is 29.3 Å². The molecule has 0 spiro atoms. The van der Waals surface area contributed by atoms with Crippen LogP contribution in [0.4, 0.5) is 0 Å². The Morgan fingerprint density at radius 3 is 2.86 bits per heavy atom. The van der Waals surface area contributed by atoms with E-state index in [9.17, 15) is 19.5 Å². The monoisotopic (exact) mass is 383 g/mol. The Balaban J connectivity index is 1.57. The van der Waals surface area contributed by atoms with Gasteiger partial charge in [-0.3, -0.25) is 14.4 Å². The zero-order valence-corrected chi connectivity index (χ0v) is 15.9. The van der Waals surface area contributed by atoms with Crippen LogP contribution in [0.3, 0.4) is 0 Å². The molecule has 4 rings (SSSR count). The summed E-state index contributed by atoms with van der Waals surface area (Å²) in [5.74, 6) is -1.28. The van der Waals surface area contributed by atoms with Gasteiger partial charge in [0, 0.05) is 43.5 Å². The highest BCUT2D eigenvalue weighted by molar-refractivity contribution is 5.90. The molecule has 7 heteroatoms. The molecule has 1 aromatic carbocycles. The summed E-state index contributed by atoms with van der Waals surface area (Å²) < 4.78 is 0. The summed E-state index contributed by atoms with van der Waals surface area (Å²) in [5.41, 5.74) is 1.11. The Morgan fingerprint density at radius 2 is 2.14 bits per heavy atom. The molecule has 2 aromatic rings. The van der Waals surface area contributed by atoms with Crippen LogP contribution in [0.1, 0.15) is 31.7 Å². The average molecular weight is 383 g/mol. The van der Waals surface area contributed by atoms with Gasteiger partial charge in [0.1, 0.15) is 6.04 Å². The van der Waals surface area contributed by atoms with Gasteiger partial charge in [-0.1, -0.05) is 24.6 Å². The molecule has 2 heterocycles. The van der Waals surface area contributed by atoms with Gasteiger partial charge in [0.05, 0.1) is 5.41 Å². The second-order valence-electron chi connectivity index (χ2n) is 8.09. The predicted molar refractivity (Wildman–Crippen MR) is 104 cm³/mol. The van der Waals surface area contributed by atoms with E-state index in [0.29, 0.717) is 19.4 Å². The second-order valence-corrected chi connectivity index (χ2v) is 8.09. The summed E-state index contributed by atoms with van der Waals surface area (Å²) in [6, 6.07) is 7.12. The van der Waals surface area contributed by atoms with Crippen LogP contribution in [0.15, 0.2) is 30.5 Å². The van der Waals surface area contributed by atoms with Gasteiger partial charge in [-0.15, -0.1) is 0 Å². The van der Waals surface area contributed by atoms with Gasteiger partial charge in [0.15, 0.2) is 0 Å². The Bertz CT molecular complexity index is 937. The molecule has 7 nitrogen and oxygen atoms in total. The number of benzene rings is 1. The molecular weight excluding hydrogens is 358 g/mol. The van der Waals surface area contributed by atoms with Crippen molar-refractivity contribution in [3.05, 3.63) is 36.0 Å². The lowest BCUT2D eigenvalue weighted by atomic mass is 9.81. The fourth-order valence-electron chi connectivity index (χ4n) is 4.99. The van der Waals surface area contributed by atoms with Crippen molar-refractivity contribution in [1.29, 1.82) is 0 Å². The van der Waals surface area contributed by atoms with Crippen LogP contribution >= 0.6 is 0 Å². The minimum absolute atomic E-state index is 0.0000156. The summed E-state index contributed by atoms with van der Waals surface area (Å²) in [7, 11) is 0. The number of nitrogens with one attached hydrogen (secondary N) is 2. The van der Waals surface area contributed by atoms with Crippen molar-refractivity contribution in [3.8, 4) is 0 Å². The van der Waals surface area contributed by atoms with E-state index in [4.69, 9.17) is 0 Å². The largest absolute Gasteiger partial charge is 0.481 e. The van der Waals surface area contributed by atoms with E-state index in [2.05, 4.69) is 10.3 Å². The fourth-order valence-corrected chi connectivity index (χ4v) is 4.99. The zero-order valence-electron chi connectivity index (χ0n) is 15.9. The van der Waals surface area contributed by atoms with Crippen LogP contribution < -0.4 is 5.32 Å². The van der Waals surface area contributed by atoms with Crippen LogP contribution in [0, 0.1) is 11.3 Å². The van der Waals surface area contributed by atoms with E-state index in [1.807, 2.05) is 30.5 Å². The standard InChI is InChI=1S/C21H25N3O4/c1-13(25)23-18(9-14-10-22-17-7-3-2-6-16(14)17)19(26)24-11-15-5-4-8-21(15,12-24)20(27)28/h2-3,6-7,10,15,18,22H,4-5,8-9,11-12H2,1H3,(H,23,25)(H,27,28)/t15-,18?,21+/m0/s1. The Morgan fingerprint density at radius 1 is 1.36 bits per heavy atom. The highest BCUT2D eigenvalue weighted by Gasteiger charge is 2.56. The topological polar surface area (TPSA) is 103 Å². The summed E-state index contributed by atoms with van der Waals surface area (Å²) in [6.45, 7) is 2.08. The van der Waals surface area contributed by atoms with E-state index >= 15 is 0 Å². The first-order valence-electron chi connectivity index (χ1n) is 9.75. The number of hydrogen-bond donors (Lipinski definition) is 3. The number of nitrogens with zero attached hydrogens (tertiary/aromatic N) is 1. The molecule has 3 atom stereocenters. The molecule has 1 aliphatic heterocycles. The molecule has 148 valence electrons. The molecule has 1 aliphatic carbocycles. The summed E-state index contributed by atoms with van der Waals surface area (Å²) >= 11 is 0. The number of carboxylic acids is 1. The zero-order chi connectivity index (χ0) is 19.9. The van der Waals surface area contributed by atoms with Gasteiger partial charge in [-0.25, -0.2) is 0 Å². The third kappa shape index (κ3) is 3.04. The maximum Gasteiger partial charge on any atom is 0.311 e. The minimum atomic E-state index is -0.822. The summed E-state index contributed by atoms with van der Waals surface area (Å²) in [6.07, 6.45) is 4.57. The van der Waals surface area contributed by atoms with Crippen molar-refractivity contribution in [2.24, 2.45) is 11.3 Å². The first-order chi connectivity index (χ1) is 13.4. The van der Waals surface area contributed by atoms with Crippen molar-refractivity contribution >= 4 is 28.7 Å². The normalized spacial score (nSPS) is 24.9. The molecule has 1 saturated carbocycles. The van der Waals surface area contributed by atoms with E-state index in [1.54, 1.807) is 4.90 Å². The van der Waals surface area contributed by atoms with Crippen LogP contribution in [0.5, 0.6) is 0 Å². The molecule has 2 fully saturated rings. The van der Waals surface area contributed by atoms with Crippen LogP contribution in [0.2, 0.25) is 0 Å². The van der Waals surface area contributed by atoms with Gasteiger partial charge < -0.3 is 20.3 Å². The number of hydrogen-bond acceptors (Lipinski definition) is 3. The number of H-pyrrole nitrogens is 1. The van der Waals surface area contributed by atoms with Crippen molar-refractivity contribution in [3.63, 3.8) is 0 Å². The van der Waals surface area contributed by atoms with Crippen LogP contribution in [0.25, 0.3) is 10.9 Å². The number of carbonyl (C=O) groups excluding carboxylic acids is 2. The number of aromatic amines is 1. The maximum absolute atomic E-state index is 13.2. The van der Waals surface area contributed by atoms with E-state index in [-0.39, 0.29) is 24.3 Å². The first kappa shape index (κ1) is 18.5. The van der Waals surface area contributed by atoms with Gasteiger partial charge in [-0.05, 0) is 30.4 Å². The number of fused-ring (bicyclic) bond motifs is 2. The number of aromatic nitrogens is 1.